The van der Waals surface area contributed by atoms with E-state index in [9.17, 15) is 29.1 Å². The highest BCUT2D eigenvalue weighted by molar-refractivity contribution is 14.1. The van der Waals surface area contributed by atoms with Crippen molar-refractivity contribution < 1.29 is 57.5 Å². The van der Waals surface area contributed by atoms with Crippen LogP contribution in [0.3, 0.4) is 0 Å². The average molecular weight is 1420 g/mol. The van der Waals surface area contributed by atoms with Crippen molar-refractivity contribution in [3.8, 4) is 34.5 Å². The Kier molecular flexibility index (Phi) is 26.1. The molecule has 4 amide bonds. The van der Waals surface area contributed by atoms with Crippen LogP contribution in [0, 0.1) is 16.6 Å². The first-order valence-corrected chi connectivity index (χ1v) is 29.8. The number of carbonyl (C=O) groups excluding carboxylic acids is 5. The van der Waals surface area contributed by atoms with Crippen LogP contribution < -0.4 is 45.5 Å². The van der Waals surface area contributed by atoms with Crippen LogP contribution in [0.25, 0.3) is 0 Å². The molecule has 1 aliphatic rings. The number of hydrogen-bond acceptors (Lipinski definition) is 13. The van der Waals surface area contributed by atoms with Gasteiger partial charge in [0, 0.05) is 31.1 Å². The highest BCUT2D eigenvalue weighted by Crippen LogP contribution is 2.39. The third kappa shape index (κ3) is 21.0. The molecule has 5 rings (SSSR count). The molecule has 1 aliphatic carbocycles. The van der Waals surface area contributed by atoms with Crippen LogP contribution in [0.4, 0.5) is 16.2 Å². The molecule has 0 radical (unpaired) electrons. The summed E-state index contributed by atoms with van der Waals surface area (Å²) in [5.41, 5.74) is 7.55. The molecule has 0 saturated heterocycles. The summed E-state index contributed by atoms with van der Waals surface area (Å²) in [7, 11) is 3.09. The number of phenolic OH excluding ortho intramolecular Hbond substituents is 1. The van der Waals surface area contributed by atoms with Gasteiger partial charge in [-0.1, -0.05) is 39.5 Å². The smallest absolute Gasteiger partial charge is 0.408 e. The molecule has 0 aliphatic heterocycles. The lowest BCUT2D eigenvalue weighted by molar-refractivity contribution is -0.149. The minimum Gasteiger partial charge on any atom is -0.507 e. The van der Waals surface area contributed by atoms with Crippen molar-refractivity contribution in [1.82, 2.24) is 16.0 Å². The number of anilines is 2. The second-order valence-electron chi connectivity index (χ2n) is 20.7. The first kappa shape index (κ1) is 64.0. The van der Waals surface area contributed by atoms with Crippen LogP contribution in [-0.2, 0) is 35.1 Å². The number of aromatic hydroxyl groups is 1. The normalized spacial score (nSPS) is 14.3. The first-order chi connectivity index (χ1) is 37.1. The maximum absolute atomic E-state index is 14.4. The van der Waals surface area contributed by atoms with Gasteiger partial charge in [0.05, 0.1) is 49.4 Å². The van der Waals surface area contributed by atoms with Crippen LogP contribution >= 0.6 is 67.8 Å². The van der Waals surface area contributed by atoms with Crippen LogP contribution in [0.1, 0.15) is 124 Å². The Hall–Kier alpha value is -4.82. The number of ether oxygens (including phenoxy) is 6. The van der Waals surface area contributed by atoms with E-state index in [1.165, 1.54) is 32.8 Å². The fourth-order valence-corrected chi connectivity index (χ4v) is 11.2. The van der Waals surface area contributed by atoms with Gasteiger partial charge in [0.25, 0.3) is 0 Å². The first-order valence-electron chi connectivity index (χ1n) is 26.6. The van der Waals surface area contributed by atoms with E-state index in [0.29, 0.717) is 62.8 Å². The van der Waals surface area contributed by atoms with Crippen molar-refractivity contribution in [2.24, 2.45) is 11.7 Å². The summed E-state index contributed by atoms with van der Waals surface area (Å²) in [6.45, 7) is 9.22. The highest BCUT2D eigenvalue weighted by Gasteiger charge is 2.31. The third-order valence-corrected chi connectivity index (χ3v) is 15.1. The number of nitrogens with two attached hydrogens (primary N) is 1. The number of amides is 4. The number of benzene rings is 4. The Labute approximate surface area is 500 Å². The fraction of sp³-hybridized carbons (Fsp3) is 0.500. The molecule has 78 heavy (non-hydrogen) atoms. The number of halogens is 3. The van der Waals surface area contributed by atoms with Crippen molar-refractivity contribution in [2.45, 2.75) is 154 Å². The summed E-state index contributed by atoms with van der Waals surface area (Å²) >= 11 is 6.29. The molecule has 0 spiro atoms. The number of phenols is 1. The summed E-state index contributed by atoms with van der Waals surface area (Å²) in [6, 6.07) is 18.0. The summed E-state index contributed by atoms with van der Waals surface area (Å²) in [5, 5.41) is 18.3. The van der Waals surface area contributed by atoms with Crippen molar-refractivity contribution in [3.63, 3.8) is 0 Å². The predicted octanol–water partition coefficient (Wildman–Crippen LogP) is 11.8. The van der Waals surface area contributed by atoms with E-state index in [1.807, 2.05) is 72.8 Å². The van der Waals surface area contributed by atoms with Gasteiger partial charge in [0.15, 0.2) is 5.75 Å². The monoisotopic (exact) mass is 1420 g/mol. The van der Waals surface area contributed by atoms with E-state index in [2.05, 4.69) is 61.1 Å². The number of unbranched alkanes of at least 4 members (excludes halogenated alkanes) is 1. The second kappa shape index (κ2) is 31.8. The van der Waals surface area contributed by atoms with Gasteiger partial charge in [-0.2, -0.15) is 0 Å². The number of rotatable bonds is 25. The predicted molar refractivity (Wildman–Crippen MR) is 326 cm³/mol. The van der Waals surface area contributed by atoms with Crippen molar-refractivity contribution in [1.29, 1.82) is 0 Å². The molecule has 0 heterocycles. The zero-order valence-electron chi connectivity index (χ0n) is 45.7. The summed E-state index contributed by atoms with van der Waals surface area (Å²) in [6.07, 6.45) is 9.71. The zero-order valence-corrected chi connectivity index (χ0v) is 52.2. The lowest BCUT2D eigenvalue weighted by atomic mass is 10.0. The van der Waals surface area contributed by atoms with Crippen LogP contribution in [0.5, 0.6) is 34.5 Å². The van der Waals surface area contributed by atoms with Crippen molar-refractivity contribution >= 4 is 109 Å². The lowest BCUT2D eigenvalue weighted by Gasteiger charge is -2.28. The quantitative estimate of drug-likeness (QED) is 0.0237. The van der Waals surface area contributed by atoms with E-state index in [-0.39, 0.29) is 62.0 Å². The molecule has 20 heteroatoms. The maximum Gasteiger partial charge on any atom is 0.408 e. The van der Waals surface area contributed by atoms with Gasteiger partial charge in [0.1, 0.15) is 46.4 Å². The SMILES string of the molecule is COc1ccc(N(C(=O)C(N)CCCCNC(=O)CCC(NC(=O)C(Cc2cc(I)c(Oc3ccc(O)c(I)c3)c(I)c2)NC(=O)OC(C)(C)C)C(=O)OCC(C)C)c2ccc(OC3CCCCCCCC3)cc2)c(OC)c1. The minimum atomic E-state index is -1.23. The Morgan fingerprint density at radius 2 is 1.40 bits per heavy atom. The molecule has 1 saturated carbocycles. The largest absolute Gasteiger partial charge is 0.507 e. The van der Waals surface area contributed by atoms with Gasteiger partial charge in [-0.15, -0.1) is 0 Å². The molecule has 0 aromatic heterocycles. The molecule has 3 atom stereocenters. The van der Waals surface area contributed by atoms with Crippen LogP contribution in [-0.4, -0.2) is 92.1 Å². The van der Waals surface area contributed by atoms with E-state index < -0.39 is 41.7 Å². The number of nitrogens with one attached hydrogen (secondary N) is 3. The van der Waals surface area contributed by atoms with E-state index in [1.54, 1.807) is 69.2 Å². The molecule has 0 bridgehead atoms. The molecule has 4 aromatic rings. The van der Waals surface area contributed by atoms with Crippen LogP contribution in [0.2, 0.25) is 0 Å². The van der Waals surface area contributed by atoms with Gasteiger partial charge >= 0.3 is 12.1 Å². The molecule has 4 aromatic carbocycles. The molecular weight excluding hydrogens is 1340 g/mol. The lowest BCUT2D eigenvalue weighted by Crippen LogP contribution is -2.53. The molecule has 426 valence electrons. The van der Waals surface area contributed by atoms with E-state index in [0.717, 1.165) is 38.6 Å². The maximum atomic E-state index is 14.4. The topological polar surface area (TPSA) is 226 Å². The molecule has 6 N–H and O–H groups in total. The van der Waals surface area contributed by atoms with Crippen molar-refractivity contribution in [3.05, 3.63) is 89.1 Å². The average Bonchev–Trinajstić information content (AvgIpc) is 3.52. The Morgan fingerprint density at radius 1 is 0.756 bits per heavy atom. The Bertz CT molecular complexity index is 2600. The molecule has 3 unspecified atom stereocenters. The van der Waals surface area contributed by atoms with E-state index in [4.69, 9.17) is 34.2 Å². The number of methoxy groups -OCH3 is 2. The van der Waals surface area contributed by atoms with Crippen molar-refractivity contribution in [2.75, 3.05) is 32.3 Å². The number of carbonyl (C=O) groups is 5. The number of nitrogens with zero attached hydrogens (tertiary/aromatic N) is 1. The van der Waals surface area contributed by atoms with Gasteiger partial charge in [-0.3, -0.25) is 19.3 Å². The zero-order chi connectivity index (χ0) is 56.9. The highest BCUT2D eigenvalue weighted by atomic mass is 127. The fourth-order valence-electron chi connectivity index (χ4n) is 8.57. The van der Waals surface area contributed by atoms with E-state index >= 15 is 0 Å². The Balaban J connectivity index is 1.21. The molecule has 1 fully saturated rings. The number of hydrogen-bond donors (Lipinski definition) is 5. The van der Waals surface area contributed by atoms with Gasteiger partial charge < -0.3 is 55.2 Å². The third-order valence-electron chi connectivity index (χ3n) is 12.6. The standard InChI is InChI=1S/C58H76I3N5O12/c1-36(2)35-75-56(71)47(64-54(69)48(65-57(72)78-58(3,4)5)32-37-30-44(60)53(45(61)31-37)77-42-24-27-50(67)43(59)33-42)25-28-52(68)63-29-15-14-18-46(62)55(70)66(49-26-23-41(73-6)34-51(49)74-7)38-19-21-40(22-20-38)76-39-16-12-10-8-9-11-13-17-39/h19-24,26-27,30-31,33-34,36,39,46-48,67H,8-18,25,28-29,32,35,62H2,1-7H3,(H,63,68)(H,64,69)(H,65,72). The second-order valence-corrected chi connectivity index (χ2v) is 24.2. The Morgan fingerprint density at radius 3 is 2.01 bits per heavy atom. The summed E-state index contributed by atoms with van der Waals surface area (Å²) < 4.78 is 37.0. The summed E-state index contributed by atoms with van der Waals surface area (Å²) in [4.78, 5) is 70.2. The van der Waals surface area contributed by atoms with Crippen LogP contribution in [0.15, 0.2) is 72.8 Å². The van der Waals surface area contributed by atoms with Gasteiger partial charge in [-0.25, -0.2) is 9.59 Å². The number of alkyl carbamates (subject to hydrolysis) is 1. The van der Waals surface area contributed by atoms with Gasteiger partial charge in [0.2, 0.25) is 17.7 Å². The minimum absolute atomic E-state index is 0.00183. The molecular formula is C58H76I3N5O12. The molecule has 17 nitrogen and oxygen atoms in total. The summed E-state index contributed by atoms with van der Waals surface area (Å²) in [5.74, 6) is 0.844. The number of esters is 1. The van der Waals surface area contributed by atoms with Gasteiger partial charge in [-0.05, 0) is 218 Å².